The zero-order valence-electron chi connectivity index (χ0n) is 20.7. The first kappa shape index (κ1) is 27.9. The number of nitro benzene ring substituents is 1. The lowest BCUT2D eigenvalue weighted by atomic mass is 10.1. The Bertz CT molecular complexity index is 1270. The minimum atomic E-state index is -0.490. The van der Waals surface area contributed by atoms with Gasteiger partial charge in [-0.15, -0.1) is 0 Å². The number of amides is 3. The third kappa shape index (κ3) is 6.65. The van der Waals surface area contributed by atoms with E-state index in [1.807, 2.05) is 0 Å². The van der Waals surface area contributed by atoms with Crippen LogP contribution in [0.5, 0.6) is 11.5 Å². The summed E-state index contributed by atoms with van der Waals surface area (Å²) in [7, 11) is 1.50. The summed E-state index contributed by atoms with van der Waals surface area (Å²) in [5, 5.41) is 10.4. The van der Waals surface area contributed by atoms with Crippen molar-refractivity contribution in [1.82, 2.24) is 9.80 Å². The largest absolute Gasteiger partial charge is 0.493 e. The van der Waals surface area contributed by atoms with Crippen molar-refractivity contribution in [2.45, 2.75) is 32.3 Å². The van der Waals surface area contributed by atoms with Gasteiger partial charge in [0.2, 0.25) is 5.91 Å². The standard InChI is InChI=1S/C26H26IN3O7S/c1-36-21-13-18(12-20(27)24(21)37-16-17-6-8-19(9-7-17)30(34)35)14-22-25(32)29(26(33)38-22)15-23(31)28-10-4-2-3-5-11-28/h6-9,12-14H,2-5,10-11,15-16H2,1H3. The van der Waals surface area contributed by atoms with E-state index < -0.39 is 16.1 Å². The van der Waals surface area contributed by atoms with Gasteiger partial charge in [-0.3, -0.25) is 29.4 Å². The second-order valence-electron chi connectivity index (χ2n) is 8.81. The Labute approximate surface area is 237 Å². The van der Waals surface area contributed by atoms with E-state index in [4.69, 9.17) is 9.47 Å². The quantitative estimate of drug-likeness (QED) is 0.165. The third-order valence-corrected chi connectivity index (χ3v) is 7.91. The summed E-state index contributed by atoms with van der Waals surface area (Å²) in [5.74, 6) is 0.220. The monoisotopic (exact) mass is 651 g/mol. The highest BCUT2D eigenvalue weighted by Gasteiger charge is 2.37. The van der Waals surface area contributed by atoms with Gasteiger partial charge in [0.1, 0.15) is 13.2 Å². The Balaban J connectivity index is 1.46. The molecule has 10 nitrogen and oxygen atoms in total. The summed E-state index contributed by atoms with van der Waals surface area (Å²) >= 11 is 2.90. The molecule has 0 unspecified atom stereocenters. The van der Waals surface area contributed by atoms with Crippen LogP contribution in [0.25, 0.3) is 6.08 Å². The number of imide groups is 1. The number of ether oxygens (including phenoxy) is 2. The number of carbonyl (C=O) groups excluding carboxylic acids is 3. The van der Waals surface area contributed by atoms with Gasteiger partial charge in [-0.2, -0.15) is 0 Å². The van der Waals surface area contributed by atoms with Gasteiger partial charge in [0.05, 0.1) is 20.5 Å². The van der Waals surface area contributed by atoms with E-state index in [9.17, 15) is 24.5 Å². The Hall–Kier alpha value is -3.13. The molecule has 0 atom stereocenters. The van der Waals surface area contributed by atoms with Gasteiger partial charge in [0, 0.05) is 25.2 Å². The fourth-order valence-electron chi connectivity index (χ4n) is 4.18. The van der Waals surface area contributed by atoms with Crippen LogP contribution in [0.4, 0.5) is 10.5 Å². The molecule has 4 rings (SSSR count). The van der Waals surface area contributed by atoms with Gasteiger partial charge < -0.3 is 14.4 Å². The SMILES string of the molecule is COc1cc(C=C2SC(=O)N(CC(=O)N3CCCCCC3)C2=O)cc(I)c1OCc1ccc([N+](=O)[O-])cc1. The Morgan fingerprint density at radius 1 is 1.13 bits per heavy atom. The Kier molecular flexibility index (Phi) is 9.26. The molecule has 2 aliphatic rings. The zero-order valence-corrected chi connectivity index (χ0v) is 23.7. The summed E-state index contributed by atoms with van der Waals surface area (Å²) in [6, 6.07) is 9.57. The van der Waals surface area contributed by atoms with Crippen molar-refractivity contribution in [3.63, 3.8) is 0 Å². The number of non-ortho nitro benzene ring substituents is 1. The van der Waals surface area contributed by atoms with Crippen LogP contribution in [0.2, 0.25) is 0 Å². The molecule has 0 aliphatic carbocycles. The van der Waals surface area contributed by atoms with Crippen molar-refractivity contribution >= 4 is 63.2 Å². The van der Waals surface area contributed by atoms with Crippen molar-refractivity contribution < 1.29 is 28.8 Å². The van der Waals surface area contributed by atoms with Crippen LogP contribution in [-0.2, 0) is 16.2 Å². The molecule has 38 heavy (non-hydrogen) atoms. The van der Waals surface area contributed by atoms with Crippen LogP contribution in [0, 0.1) is 13.7 Å². The van der Waals surface area contributed by atoms with E-state index in [1.165, 1.54) is 19.2 Å². The highest BCUT2D eigenvalue weighted by atomic mass is 127. The number of methoxy groups -OCH3 is 1. The molecule has 0 radical (unpaired) electrons. The second kappa shape index (κ2) is 12.6. The van der Waals surface area contributed by atoms with E-state index in [0.717, 1.165) is 47.9 Å². The van der Waals surface area contributed by atoms with Crippen LogP contribution >= 0.6 is 34.4 Å². The summed E-state index contributed by atoms with van der Waals surface area (Å²) in [5.41, 5.74) is 1.39. The van der Waals surface area contributed by atoms with Gasteiger partial charge in [0.15, 0.2) is 11.5 Å². The minimum absolute atomic E-state index is 0.000916. The van der Waals surface area contributed by atoms with Crippen LogP contribution in [0.15, 0.2) is 41.3 Å². The molecule has 2 heterocycles. The maximum atomic E-state index is 13.0. The number of benzene rings is 2. The maximum absolute atomic E-state index is 13.0. The Morgan fingerprint density at radius 2 is 1.82 bits per heavy atom. The van der Waals surface area contributed by atoms with Crippen molar-refractivity contribution in [2.75, 3.05) is 26.7 Å². The predicted molar refractivity (Wildman–Crippen MR) is 151 cm³/mol. The average Bonchev–Trinajstić information content (AvgIpc) is 3.08. The molecular weight excluding hydrogens is 625 g/mol. The van der Waals surface area contributed by atoms with E-state index in [0.29, 0.717) is 33.7 Å². The number of thioether (sulfide) groups is 1. The lowest BCUT2D eigenvalue weighted by Crippen LogP contribution is -2.42. The third-order valence-electron chi connectivity index (χ3n) is 6.21. The fraction of sp³-hybridized carbons (Fsp3) is 0.346. The molecule has 0 bridgehead atoms. The van der Waals surface area contributed by atoms with E-state index in [1.54, 1.807) is 35.2 Å². The minimum Gasteiger partial charge on any atom is -0.493 e. The van der Waals surface area contributed by atoms with E-state index in [-0.39, 0.29) is 29.7 Å². The average molecular weight is 651 g/mol. The zero-order chi connectivity index (χ0) is 27.2. The van der Waals surface area contributed by atoms with Crippen molar-refractivity contribution in [1.29, 1.82) is 0 Å². The molecule has 12 heteroatoms. The second-order valence-corrected chi connectivity index (χ2v) is 11.0. The molecule has 2 aliphatic heterocycles. The van der Waals surface area contributed by atoms with Gasteiger partial charge >= 0.3 is 0 Å². The Morgan fingerprint density at radius 3 is 2.45 bits per heavy atom. The fourth-order valence-corrected chi connectivity index (χ4v) is 5.79. The number of hydrogen-bond acceptors (Lipinski definition) is 8. The normalized spacial score (nSPS) is 17.1. The first-order valence-electron chi connectivity index (χ1n) is 12.0. The van der Waals surface area contributed by atoms with E-state index in [2.05, 4.69) is 22.6 Å². The summed E-state index contributed by atoms with van der Waals surface area (Å²) in [6.45, 7) is 1.23. The van der Waals surface area contributed by atoms with Gasteiger partial charge in [-0.05, 0) is 88.7 Å². The highest BCUT2D eigenvalue weighted by Crippen LogP contribution is 2.37. The number of likely N-dealkylation sites (tertiary alicyclic amines) is 1. The smallest absolute Gasteiger partial charge is 0.294 e. The predicted octanol–water partition coefficient (Wildman–Crippen LogP) is 5.23. The number of halogens is 1. The van der Waals surface area contributed by atoms with Gasteiger partial charge in [-0.25, -0.2) is 0 Å². The topological polar surface area (TPSA) is 119 Å². The summed E-state index contributed by atoms with van der Waals surface area (Å²) in [4.78, 5) is 51.6. The number of nitrogens with zero attached hydrogens (tertiary/aromatic N) is 3. The van der Waals surface area contributed by atoms with Crippen molar-refractivity contribution in [2.24, 2.45) is 0 Å². The van der Waals surface area contributed by atoms with Crippen molar-refractivity contribution in [3.05, 3.63) is 66.1 Å². The maximum Gasteiger partial charge on any atom is 0.294 e. The molecule has 0 saturated carbocycles. The number of hydrogen-bond donors (Lipinski definition) is 0. The molecule has 0 spiro atoms. The summed E-state index contributed by atoms with van der Waals surface area (Å²) < 4.78 is 12.2. The highest BCUT2D eigenvalue weighted by molar-refractivity contribution is 14.1. The van der Waals surface area contributed by atoms with Crippen LogP contribution in [-0.4, -0.2) is 58.5 Å². The van der Waals surface area contributed by atoms with Gasteiger partial charge in [-0.1, -0.05) is 12.8 Å². The molecule has 2 fully saturated rings. The first-order chi connectivity index (χ1) is 18.3. The molecule has 2 saturated heterocycles. The lowest BCUT2D eigenvalue weighted by Gasteiger charge is -2.22. The van der Waals surface area contributed by atoms with Crippen molar-refractivity contribution in [3.8, 4) is 11.5 Å². The van der Waals surface area contributed by atoms with Gasteiger partial charge in [0.25, 0.3) is 16.8 Å². The molecular formula is C26H26IN3O7S. The molecule has 2 aromatic carbocycles. The van der Waals surface area contributed by atoms with Crippen LogP contribution in [0.1, 0.15) is 36.8 Å². The first-order valence-corrected chi connectivity index (χ1v) is 13.9. The summed E-state index contributed by atoms with van der Waals surface area (Å²) in [6.07, 6.45) is 5.63. The van der Waals surface area contributed by atoms with E-state index >= 15 is 0 Å². The van der Waals surface area contributed by atoms with Crippen LogP contribution in [0.3, 0.4) is 0 Å². The number of carbonyl (C=O) groups is 3. The molecule has 3 amide bonds. The number of nitro groups is 1. The van der Waals surface area contributed by atoms with Crippen LogP contribution < -0.4 is 9.47 Å². The molecule has 200 valence electrons. The molecule has 2 aromatic rings. The lowest BCUT2D eigenvalue weighted by molar-refractivity contribution is -0.384. The number of rotatable bonds is 8. The molecule has 0 aromatic heterocycles. The molecule has 0 N–H and O–H groups in total.